The number of fused-ring (bicyclic) bond motifs is 1. The maximum absolute atomic E-state index is 12.8. The number of amides is 1. The van der Waals surface area contributed by atoms with E-state index in [4.69, 9.17) is 0 Å². The van der Waals surface area contributed by atoms with Crippen LogP contribution < -0.4 is 10.2 Å². The van der Waals surface area contributed by atoms with Gasteiger partial charge in [-0.05, 0) is 63.6 Å². The third-order valence-corrected chi connectivity index (χ3v) is 8.82. The number of nitrogens with zero attached hydrogens (tertiary/aromatic N) is 4. The van der Waals surface area contributed by atoms with Gasteiger partial charge in [-0.15, -0.1) is 11.3 Å². The Bertz CT molecular complexity index is 1020. The Balaban J connectivity index is 1.12. The average Bonchev–Trinajstić information content (AvgIpc) is 3.14. The normalized spacial score (nSPS) is 25.5. The standard InChI is InChI=1S/C24H32F3N5OS/c1-16(33)30-18-4-2-17(3-5-18)12-31-8-6-23(7-9-31)13-32(14-23)21-20-10-19(11-24(25,26)27)34-22(20)29-15-28-21/h10,15,17-18H,2-9,11-14H2,1H3,(H,30,33). The molecule has 6 nitrogen and oxygen atoms in total. The summed E-state index contributed by atoms with van der Waals surface area (Å²) in [6.07, 6.45) is 3.18. The number of carbonyl (C=O) groups is 1. The zero-order chi connectivity index (χ0) is 23.9. The number of likely N-dealkylation sites (tertiary alicyclic amines) is 1. The maximum atomic E-state index is 12.8. The largest absolute Gasteiger partial charge is 0.393 e. The van der Waals surface area contributed by atoms with E-state index in [9.17, 15) is 18.0 Å². The molecule has 0 atom stereocenters. The van der Waals surface area contributed by atoms with Crippen LogP contribution in [0.4, 0.5) is 19.0 Å². The first-order valence-corrected chi connectivity index (χ1v) is 13.0. The van der Waals surface area contributed by atoms with Crippen LogP contribution in [-0.2, 0) is 11.2 Å². The molecular formula is C24H32F3N5OS. The fraction of sp³-hybridized carbons (Fsp3) is 0.708. The van der Waals surface area contributed by atoms with Gasteiger partial charge in [-0.2, -0.15) is 13.2 Å². The molecule has 186 valence electrons. The van der Waals surface area contributed by atoms with Crippen LogP contribution in [0.25, 0.3) is 10.2 Å². The predicted molar refractivity (Wildman–Crippen MR) is 127 cm³/mol. The van der Waals surface area contributed by atoms with Crippen molar-refractivity contribution in [3.63, 3.8) is 0 Å². The third kappa shape index (κ3) is 5.32. The van der Waals surface area contributed by atoms with Gasteiger partial charge in [0.05, 0.1) is 11.8 Å². The van der Waals surface area contributed by atoms with Crippen LogP contribution in [0.5, 0.6) is 0 Å². The minimum atomic E-state index is -4.21. The molecular weight excluding hydrogens is 463 g/mol. The van der Waals surface area contributed by atoms with E-state index in [1.54, 1.807) is 13.0 Å². The summed E-state index contributed by atoms with van der Waals surface area (Å²) in [5.41, 5.74) is 0.293. The van der Waals surface area contributed by atoms with E-state index in [0.717, 1.165) is 86.9 Å². The Morgan fingerprint density at radius 3 is 2.53 bits per heavy atom. The van der Waals surface area contributed by atoms with Crippen LogP contribution in [0, 0.1) is 11.3 Å². The molecule has 10 heteroatoms. The lowest BCUT2D eigenvalue weighted by molar-refractivity contribution is -0.126. The summed E-state index contributed by atoms with van der Waals surface area (Å²) in [6.45, 7) is 6.78. The molecule has 0 bridgehead atoms. The van der Waals surface area contributed by atoms with Crippen molar-refractivity contribution in [2.75, 3.05) is 37.6 Å². The molecule has 4 heterocycles. The maximum Gasteiger partial charge on any atom is 0.393 e. The molecule has 2 aromatic rings. The Labute approximate surface area is 201 Å². The average molecular weight is 496 g/mol. The second-order valence-electron chi connectivity index (χ2n) is 10.5. The van der Waals surface area contributed by atoms with E-state index in [0.29, 0.717) is 21.2 Å². The quantitative estimate of drug-likeness (QED) is 0.667. The Morgan fingerprint density at radius 1 is 1.18 bits per heavy atom. The molecule has 1 spiro atoms. The van der Waals surface area contributed by atoms with Crippen molar-refractivity contribution >= 4 is 33.3 Å². The zero-order valence-corrected chi connectivity index (χ0v) is 20.4. The van der Waals surface area contributed by atoms with Crippen LogP contribution in [0.1, 0.15) is 50.3 Å². The highest BCUT2D eigenvalue weighted by atomic mass is 32.1. The smallest absolute Gasteiger partial charge is 0.355 e. The number of halogens is 3. The second-order valence-corrected chi connectivity index (χ2v) is 11.6. The van der Waals surface area contributed by atoms with E-state index in [2.05, 4.69) is 25.1 Å². The first-order valence-electron chi connectivity index (χ1n) is 12.2. The SMILES string of the molecule is CC(=O)NC1CCC(CN2CCC3(CC2)CN(c2ncnc4sc(CC(F)(F)F)cc24)C3)CC1. The van der Waals surface area contributed by atoms with Gasteiger partial charge in [0.15, 0.2) is 0 Å². The first kappa shape index (κ1) is 23.8. The van der Waals surface area contributed by atoms with E-state index in [1.165, 1.54) is 19.2 Å². The first-order chi connectivity index (χ1) is 16.2. The molecule has 3 fully saturated rings. The number of nitrogens with one attached hydrogen (secondary N) is 1. The lowest BCUT2D eigenvalue weighted by Gasteiger charge is -2.55. The fourth-order valence-electron chi connectivity index (χ4n) is 6.01. The van der Waals surface area contributed by atoms with E-state index in [1.807, 2.05) is 0 Å². The van der Waals surface area contributed by atoms with Gasteiger partial charge in [-0.3, -0.25) is 4.79 Å². The van der Waals surface area contributed by atoms with Crippen molar-refractivity contribution in [3.8, 4) is 0 Å². The van der Waals surface area contributed by atoms with Gasteiger partial charge < -0.3 is 15.1 Å². The van der Waals surface area contributed by atoms with E-state index >= 15 is 0 Å². The molecule has 1 aliphatic carbocycles. The summed E-state index contributed by atoms with van der Waals surface area (Å²) >= 11 is 1.11. The number of piperidine rings is 1. The molecule has 1 amide bonds. The summed E-state index contributed by atoms with van der Waals surface area (Å²) in [7, 11) is 0. The van der Waals surface area contributed by atoms with Crippen LogP contribution in [0.2, 0.25) is 0 Å². The number of hydrogen-bond donors (Lipinski definition) is 1. The molecule has 2 saturated heterocycles. The van der Waals surface area contributed by atoms with Crippen LogP contribution >= 0.6 is 11.3 Å². The van der Waals surface area contributed by atoms with Crippen LogP contribution in [0.15, 0.2) is 12.4 Å². The van der Waals surface area contributed by atoms with Crippen molar-refractivity contribution < 1.29 is 18.0 Å². The van der Waals surface area contributed by atoms with Crippen molar-refractivity contribution in [2.24, 2.45) is 11.3 Å². The highest BCUT2D eigenvalue weighted by Crippen LogP contribution is 2.44. The lowest BCUT2D eigenvalue weighted by Crippen LogP contribution is -2.61. The van der Waals surface area contributed by atoms with Gasteiger partial charge in [0.25, 0.3) is 0 Å². The Morgan fingerprint density at radius 2 is 1.88 bits per heavy atom. The summed E-state index contributed by atoms with van der Waals surface area (Å²) < 4.78 is 38.5. The molecule has 2 aliphatic heterocycles. The molecule has 2 aromatic heterocycles. The Kier molecular flexibility index (Phi) is 6.48. The number of carbonyl (C=O) groups excluding carboxylic acids is 1. The fourth-order valence-corrected chi connectivity index (χ4v) is 7.03. The molecule has 0 unspecified atom stereocenters. The monoisotopic (exact) mass is 495 g/mol. The third-order valence-electron chi connectivity index (χ3n) is 7.77. The molecule has 0 radical (unpaired) electrons. The van der Waals surface area contributed by atoms with Gasteiger partial charge in [-0.1, -0.05) is 0 Å². The van der Waals surface area contributed by atoms with Crippen LogP contribution in [-0.4, -0.2) is 65.7 Å². The minimum Gasteiger partial charge on any atom is -0.355 e. The zero-order valence-electron chi connectivity index (χ0n) is 19.5. The highest BCUT2D eigenvalue weighted by molar-refractivity contribution is 7.18. The van der Waals surface area contributed by atoms with E-state index in [-0.39, 0.29) is 5.91 Å². The predicted octanol–water partition coefficient (Wildman–Crippen LogP) is 4.39. The van der Waals surface area contributed by atoms with Gasteiger partial charge in [0.2, 0.25) is 5.91 Å². The second kappa shape index (κ2) is 9.26. The van der Waals surface area contributed by atoms with Crippen molar-refractivity contribution in [1.82, 2.24) is 20.2 Å². The molecule has 3 aliphatic rings. The van der Waals surface area contributed by atoms with Gasteiger partial charge in [0, 0.05) is 42.9 Å². The molecule has 1 N–H and O–H groups in total. The summed E-state index contributed by atoms with van der Waals surface area (Å²) in [5, 5.41) is 3.80. The highest BCUT2D eigenvalue weighted by Gasteiger charge is 2.46. The molecule has 0 aromatic carbocycles. The van der Waals surface area contributed by atoms with Gasteiger partial charge >= 0.3 is 6.18 Å². The molecule has 1 saturated carbocycles. The Hall–Kier alpha value is -1.94. The summed E-state index contributed by atoms with van der Waals surface area (Å²) in [6, 6.07) is 1.97. The van der Waals surface area contributed by atoms with E-state index < -0.39 is 12.6 Å². The summed E-state index contributed by atoms with van der Waals surface area (Å²) in [4.78, 5) is 25.6. The van der Waals surface area contributed by atoms with Crippen molar-refractivity contribution in [2.45, 2.75) is 64.1 Å². The number of rotatable bonds is 5. The molecule has 34 heavy (non-hydrogen) atoms. The lowest BCUT2D eigenvalue weighted by atomic mass is 9.71. The van der Waals surface area contributed by atoms with Gasteiger partial charge in [-0.25, -0.2) is 9.97 Å². The minimum absolute atomic E-state index is 0.0720. The van der Waals surface area contributed by atoms with Crippen LogP contribution in [0.3, 0.4) is 0 Å². The van der Waals surface area contributed by atoms with Crippen molar-refractivity contribution in [3.05, 3.63) is 17.3 Å². The van der Waals surface area contributed by atoms with Crippen molar-refractivity contribution in [1.29, 1.82) is 0 Å². The number of alkyl halides is 3. The number of thiophene rings is 1. The molecule has 5 rings (SSSR count). The number of aromatic nitrogens is 2. The topological polar surface area (TPSA) is 61.4 Å². The summed E-state index contributed by atoms with van der Waals surface area (Å²) in [5.74, 6) is 1.57. The van der Waals surface area contributed by atoms with Gasteiger partial charge in [0.1, 0.15) is 17.0 Å². The number of hydrogen-bond acceptors (Lipinski definition) is 6. The number of anilines is 1.